The molecule has 2 heterocycles. The van der Waals surface area contributed by atoms with Crippen molar-refractivity contribution in [3.63, 3.8) is 0 Å². The Morgan fingerprint density at radius 3 is 2.60 bits per heavy atom. The maximum Gasteiger partial charge on any atom is 0.245 e. The summed E-state index contributed by atoms with van der Waals surface area (Å²) in [6, 6.07) is 6.04. The zero-order chi connectivity index (χ0) is 18.0. The van der Waals surface area contributed by atoms with E-state index in [1.54, 1.807) is 19.1 Å². The monoisotopic (exact) mass is 366 g/mol. The molecule has 8 nitrogen and oxygen atoms in total. The van der Waals surface area contributed by atoms with Gasteiger partial charge in [-0.05, 0) is 26.0 Å². The predicted octanol–water partition coefficient (Wildman–Crippen LogP) is 2.00. The molecule has 0 atom stereocenters. The molecule has 0 aliphatic carbocycles. The van der Waals surface area contributed by atoms with Crippen molar-refractivity contribution in [2.75, 3.05) is 6.54 Å². The van der Waals surface area contributed by atoms with Gasteiger partial charge in [0.1, 0.15) is 16.4 Å². The molecule has 0 fully saturated rings. The fourth-order valence-corrected chi connectivity index (χ4v) is 3.69. The van der Waals surface area contributed by atoms with Crippen molar-refractivity contribution in [2.45, 2.75) is 25.2 Å². The number of sulfonamides is 1. The molecule has 0 spiro atoms. The van der Waals surface area contributed by atoms with E-state index >= 15 is 0 Å². The summed E-state index contributed by atoms with van der Waals surface area (Å²) in [5, 5.41) is 7.34. The highest BCUT2D eigenvalue weighted by Crippen LogP contribution is 2.20. The molecule has 1 N–H and O–H groups in total. The van der Waals surface area contributed by atoms with E-state index in [2.05, 4.69) is 20.0 Å². The van der Waals surface area contributed by atoms with E-state index in [9.17, 15) is 12.8 Å². The number of aromatic nitrogens is 3. The van der Waals surface area contributed by atoms with Crippen molar-refractivity contribution in [3.05, 3.63) is 47.4 Å². The largest absolute Gasteiger partial charge is 0.360 e. The molecule has 0 radical (unpaired) electrons. The number of aryl methyl sites for hydroxylation is 2. The minimum atomic E-state index is -3.76. The lowest BCUT2D eigenvalue weighted by Gasteiger charge is -2.04. The van der Waals surface area contributed by atoms with Crippen LogP contribution < -0.4 is 4.72 Å². The highest BCUT2D eigenvalue weighted by molar-refractivity contribution is 7.89. The maximum absolute atomic E-state index is 13.7. The predicted molar refractivity (Wildman–Crippen MR) is 84.6 cm³/mol. The number of halogens is 1. The lowest BCUT2D eigenvalue weighted by molar-refractivity contribution is 0.378. The van der Waals surface area contributed by atoms with Gasteiger partial charge in [0.25, 0.3) is 0 Å². The lowest BCUT2D eigenvalue weighted by atomic mass is 10.2. The smallest absolute Gasteiger partial charge is 0.245 e. The molecule has 25 heavy (non-hydrogen) atoms. The summed E-state index contributed by atoms with van der Waals surface area (Å²) in [6.07, 6.45) is 0.157. The first-order chi connectivity index (χ1) is 11.9. The summed E-state index contributed by atoms with van der Waals surface area (Å²) in [5.41, 5.74) is 0.499. The second-order valence-corrected chi connectivity index (χ2v) is 7.00. The number of hydrogen-bond acceptors (Lipinski definition) is 7. The first-order valence-corrected chi connectivity index (χ1v) is 8.87. The third-order valence-electron chi connectivity index (χ3n) is 3.45. The highest BCUT2D eigenvalue weighted by atomic mass is 32.2. The molecule has 0 unspecified atom stereocenters. The van der Waals surface area contributed by atoms with E-state index in [-0.39, 0.29) is 46.6 Å². The maximum atomic E-state index is 13.7. The van der Waals surface area contributed by atoms with Crippen LogP contribution in [-0.4, -0.2) is 30.3 Å². The first-order valence-electron chi connectivity index (χ1n) is 7.38. The van der Waals surface area contributed by atoms with E-state index in [0.29, 0.717) is 0 Å². The zero-order valence-electron chi connectivity index (χ0n) is 13.5. The Balaban J connectivity index is 1.66. The fraction of sp³-hybridized carbons (Fsp3) is 0.267. The van der Waals surface area contributed by atoms with Gasteiger partial charge < -0.3 is 9.05 Å². The molecule has 0 aliphatic rings. The Morgan fingerprint density at radius 2 is 1.92 bits per heavy atom. The summed E-state index contributed by atoms with van der Waals surface area (Å²) in [5.74, 6) is 0.0555. The van der Waals surface area contributed by atoms with E-state index in [1.807, 2.05) is 0 Å². The summed E-state index contributed by atoms with van der Waals surface area (Å²) >= 11 is 0. The normalized spacial score (nSPS) is 11.8. The van der Waals surface area contributed by atoms with Gasteiger partial charge in [-0.25, -0.2) is 17.5 Å². The van der Waals surface area contributed by atoms with Crippen molar-refractivity contribution < 1.29 is 21.9 Å². The van der Waals surface area contributed by atoms with Crippen molar-refractivity contribution in [2.24, 2.45) is 0 Å². The number of nitrogens with zero attached hydrogens (tertiary/aromatic N) is 3. The second kappa shape index (κ2) is 6.73. The molecule has 0 aliphatic heterocycles. The summed E-state index contributed by atoms with van der Waals surface area (Å²) < 4.78 is 50.6. The van der Waals surface area contributed by atoms with Crippen LogP contribution in [0.2, 0.25) is 0 Å². The van der Waals surface area contributed by atoms with Crippen molar-refractivity contribution in [3.8, 4) is 11.4 Å². The molecule has 3 rings (SSSR count). The molecular weight excluding hydrogens is 351 g/mol. The van der Waals surface area contributed by atoms with Gasteiger partial charge in [-0.3, -0.25) is 0 Å². The third-order valence-corrected chi connectivity index (χ3v) is 5.15. The number of hydrogen-bond donors (Lipinski definition) is 1. The van der Waals surface area contributed by atoms with Crippen molar-refractivity contribution in [1.82, 2.24) is 20.0 Å². The van der Waals surface area contributed by atoms with E-state index < -0.39 is 15.8 Å². The highest BCUT2D eigenvalue weighted by Gasteiger charge is 2.24. The molecule has 0 saturated heterocycles. The van der Waals surface area contributed by atoms with E-state index in [0.717, 1.165) is 0 Å². The molecular formula is C15H15FN4O4S. The van der Waals surface area contributed by atoms with Crippen LogP contribution in [0.15, 0.2) is 38.2 Å². The molecule has 0 saturated carbocycles. The van der Waals surface area contributed by atoms with E-state index in [1.165, 1.54) is 19.1 Å². The average molecular weight is 366 g/mol. The zero-order valence-corrected chi connectivity index (χ0v) is 14.3. The molecule has 2 aromatic heterocycles. The van der Waals surface area contributed by atoms with Gasteiger partial charge in [0, 0.05) is 13.0 Å². The molecule has 10 heteroatoms. The van der Waals surface area contributed by atoms with Gasteiger partial charge in [0.2, 0.25) is 21.7 Å². The summed E-state index contributed by atoms with van der Waals surface area (Å²) in [4.78, 5) is 4.09. The lowest BCUT2D eigenvalue weighted by Crippen LogP contribution is -2.26. The Morgan fingerprint density at radius 1 is 1.16 bits per heavy atom. The van der Waals surface area contributed by atoms with Gasteiger partial charge >= 0.3 is 0 Å². The fourth-order valence-electron chi connectivity index (χ4n) is 2.33. The van der Waals surface area contributed by atoms with Crippen LogP contribution in [0.1, 0.15) is 17.3 Å². The van der Waals surface area contributed by atoms with Crippen molar-refractivity contribution in [1.29, 1.82) is 0 Å². The van der Waals surface area contributed by atoms with Gasteiger partial charge in [0.15, 0.2) is 5.76 Å². The minimum absolute atomic E-state index is 0.0186. The van der Waals surface area contributed by atoms with Gasteiger partial charge in [-0.1, -0.05) is 22.4 Å². The van der Waals surface area contributed by atoms with Gasteiger partial charge in [-0.2, -0.15) is 4.98 Å². The number of rotatable bonds is 6. The average Bonchev–Trinajstić information content (AvgIpc) is 3.15. The molecule has 0 bridgehead atoms. The standard InChI is InChI=1S/C15H15FN4O4S/c1-9-14(10(2)23-19-9)25(21,22)17-8-7-13-18-15(20-24-13)11-5-3-4-6-12(11)16/h3-6,17H,7-8H2,1-2H3. The number of benzene rings is 1. The van der Waals surface area contributed by atoms with Crippen LogP contribution in [0.4, 0.5) is 4.39 Å². The van der Waals surface area contributed by atoms with Crippen LogP contribution in [0.5, 0.6) is 0 Å². The molecule has 1 aromatic carbocycles. The quantitative estimate of drug-likeness (QED) is 0.710. The third kappa shape index (κ3) is 3.59. The van der Waals surface area contributed by atoms with E-state index in [4.69, 9.17) is 9.05 Å². The Hall–Kier alpha value is -2.59. The Kier molecular flexibility index (Phi) is 4.64. The van der Waals surface area contributed by atoms with Crippen LogP contribution in [0.3, 0.4) is 0 Å². The molecule has 0 amide bonds. The summed E-state index contributed by atoms with van der Waals surface area (Å²) in [6.45, 7) is 3.10. The minimum Gasteiger partial charge on any atom is -0.360 e. The first kappa shape index (κ1) is 17.2. The number of nitrogens with one attached hydrogen (secondary N) is 1. The van der Waals surface area contributed by atoms with Crippen molar-refractivity contribution >= 4 is 10.0 Å². The van der Waals surface area contributed by atoms with Gasteiger partial charge in [0.05, 0.1) is 5.56 Å². The Bertz CT molecular complexity index is 977. The van der Waals surface area contributed by atoms with Crippen LogP contribution in [0.25, 0.3) is 11.4 Å². The topological polar surface area (TPSA) is 111 Å². The molecule has 3 aromatic rings. The SMILES string of the molecule is Cc1noc(C)c1S(=O)(=O)NCCc1nc(-c2ccccc2F)no1. The Labute approximate surface area is 143 Å². The molecule has 132 valence electrons. The van der Waals surface area contributed by atoms with Crippen LogP contribution in [-0.2, 0) is 16.4 Å². The van der Waals surface area contributed by atoms with Gasteiger partial charge in [-0.15, -0.1) is 0 Å². The van der Waals surface area contributed by atoms with Crippen LogP contribution in [0, 0.1) is 19.7 Å². The van der Waals surface area contributed by atoms with Crippen LogP contribution >= 0.6 is 0 Å². The second-order valence-electron chi connectivity index (χ2n) is 5.29. The summed E-state index contributed by atoms with van der Waals surface area (Å²) in [7, 11) is -3.76.